The van der Waals surface area contributed by atoms with E-state index in [1.807, 2.05) is 18.2 Å². The minimum Gasteiger partial charge on any atom is -0.381 e. The van der Waals surface area contributed by atoms with Gasteiger partial charge in [0.15, 0.2) is 0 Å². The average molecular weight is 397 g/mol. The van der Waals surface area contributed by atoms with Crippen LogP contribution in [0.5, 0.6) is 0 Å². The third-order valence-electron chi connectivity index (χ3n) is 6.07. The average Bonchev–Trinajstić information content (AvgIpc) is 3.32. The summed E-state index contributed by atoms with van der Waals surface area (Å²) in [5, 5.41) is 9.21. The predicted octanol–water partition coefficient (Wildman–Crippen LogP) is 4.02. The topological polar surface area (TPSA) is 85.8 Å². The lowest BCUT2D eigenvalue weighted by Crippen LogP contribution is -2.41. The summed E-state index contributed by atoms with van der Waals surface area (Å²) in [5.41, 5.74) is 12.0. The molecule has 3 aromatic rings. The number of aromatic nitrogens is 2. The molecule has 1 fully saturated rings. The van der Waals surface area contributed by atoms with Gasteiger partial charge in [-0.1, -0.05) is 54.6 Å². The van der Waals surface area contributed by atoms with Crippen LogP contribution in [-0.2, 0) is 10.2 Å². The summed E-state index contributed by atoms with van der Waals surface area (Å²) in [6.45, 7) is 1.46. The van der Waals surface area contributed by atoms with Gasteiger partial charge in [-0.05, 0) is 29.5 Å². The van der Waals surface area contributed by atoms with Crippen LogP contribution in [-0.4, -0.2) is 34.6 Å². The first-order valence-electron chi connectivity index (χ1n) is 10.2. The van der Waals surface area contributed by atoms with Crippen LogP contribution in [0, 0.1) is 0 Å². The summed E-state index contributed by atoms with van der Waals surface area (Å²) >= 11 is 0. The summed E-state index contributed by atoms with van der Waals surface area (Å²) in [4.78, 5) is 8.19. The lowest BCUT2D eigenvalue weighted by Gasteiger charge is -2.38. The van der Waals surface area contributed by atoms with Gasteiger partial charge in [-0.2, -0.15) is 10.2 Å². The highest BCUT2D eigenvalue weighted by Crippen LogP contribution is 2.40. The molecule has 0 aliphatic carbocycles. The van der Waals surface area contributed by atoms with Crippen molar-refractivity contribution in [3.63, 3.8) is 0 Å². The first-order valence-corrected chi connectivity index (χ1v) is 10.2. The van der Waals surface area contributed by atoms with E-state index >= 15 is 0 Å². The summed E-state index contributed by atoms with van der Waals surface area (Å²) in [7, 11) is 0. The fourth-order valence-electron chi connectivity index (χ4n) is 4.34. The standard InChI is InChI=1S/C24H23N5O/c25-23-26-15-19(16-27-23)17-6-8-20(9-7-17)24(10-12-30-13-11-24)22-14-21(28-29-22)18-4-2-1-3-5-18/h1-9,15-16H,10-14H2,(H2,25,26,27). The number of ether oxygens (including phenoxy) is 1. The van der Waals surface area contributed by atoms with Gasteiger partial charge in [-0.15, -0.1) is 0 Å². The number of rotatable bonds is 4. The van der Waals surface area contributed by atoms with Crippen LogP contribution in [0.15, 0.2) is 77.2 Å². The number of nitrogens with two attached hydrogens (primary N) is 1. The molecule has 6 heteroatoms. The number of nitrogen functional groups attached to an aromatic ring is 1. The number of anilines is 1. The first kappa shape index (κ1) is 18.6. The van der Waals surface area contributed by atoms with Crippen molar-refractivity contribution in [3.8, 4) is 11.1 Å². The molecule has 0 unspecified atom stereocenters. The Morgan fingerprint density at radius 2 is 1.47 bits per heavy atom. The Bertz CT molecular complexity index is 1080. The lowest BCUT2D eigenvalue weighted by molar-refractivity contribution is 0.0705. The Morgan fingerprint density at radius 1 is 0.767 bits per heavy atom. The van der Waals surface area contributed by atoms with Crippen LogP contribution >= 0.6 is 0 Å². The molecule has 2 N–H and O–H groups in total. The van der Waals surface area contributed by atoms with Gasteiger partial charge in [-0.25, -0.2) is 9.97 Å². The molecule has 150 valence electrons. The Morgan fingerprint density at radius 3 is 2.17 bits per heavy atom. The van der Waals surface area contributed by atoms with Gasteiger partial charge in [0.2, 0.25) is 5.95 Å². The van der Waals surface area contributed by atoms with Crippen molar-refractivity contribution >= 4 is 17.4 Å². The van der Waals surface area contributed by atoms with Crippen LogP contribution < -0.4 is 5.73 Å². The van der Waals surface area contributed by atoms with E-state index < -0.39 is 0 Å². The molecular formula is C24H23N5O. The molecule has 30 heavy (non-hydrogen) atoms. The van der Waals surface area contributed by atoms with E-state index in [9.17, 15) is 0 Å². The lowest BCUT2D eigenvalue weighted by atomic mass is 9.69. The van der Waals surface area contributed by atoms with Gasteiger partial charge in [0.1, 0.15) is 0 Å². The molecule has 0 saturated carbocycles. The zero-order valence-electron chi connectivity index (χ0n) is 16.7. The molecule has 2 aliphatic rings. The van der Waals surface area contributed by atoms with Gasteiger partial charge < -0.3 is 10.5 Å². The minimum absolute atomic E-state index is 0.144. The monoisotopic (exact) mass is 397 g/mol. The van der Waals surface area contributed by atoms with E-state index in [0.717, 1.165) is 60.6 Å². The molecule has 0 amide bonds. The van der Waals surface area contributed by atoms with Crippen LogP contribution in [0.3, 0.4) is 0 Å². The van der Waals surface area contributed by atoms with E-state index in [1.165, 1.54) is 5.56 Å². The maximum absolute atomic E-state index is 5.70. The molecule has 0 spiro atoms. The van der Waals surface area contributed by atoms with Crippen LogP contribution in [0.1, 0.15) is 30.4 Å². The van der Waals surface area contributed by atoms with Crippen LogP contribution in [0.25, 0.3) is 11.1 Å². The molecule has 6 nitrogen and oxygen atoms in total. The summed E-state index contributed by atoms with van der Waals surface area (Å²) in [6, 6.07) is 18.9. The van der Waals surface area contributed by atoms with Gasteiger partial charge >= 0.3 is 0 Å². The minimum atomic E-state index is -0.144. The summed E-state index contributed by atoms with van der Waals surface area (Å²) < 4.78 is 5.70. The number of hydrogen-bond acceptors (Lipinski definition) is 6. The molecule has 1 saturated heterocycles. The fourth-order valence-corrected chi connectivity index (χ4v) is 4.34. The Hall–Kier alpha value is -3.38. The van der Waals surface area contributed by atoms with Gasteiger partial charge in [0.05, 0.1) is 11.4 Å². The molecule has 5 rings (SSSR count). The number of hydrogen-bond donors (Lipinski definition) is 1. The zero-order valence-corrected chi connectivity index (χ0v) is 16.7. The van der Waals surface area contributed by atoms with Crippen molar-refractivity contribution in [1.82, 2.24) is 9.97 Å². The molecule has 0 radical (unpaired) electrons. The Balaban J connectivity index is 1.44. The second-order valence-corrected chi connectivity index (χ2v) is 7.74. The quantitative estimate of drug-likeness (QED) is 0.720. The van der Waals surface area contributed by atoms with Crippen LogP contribution in [0.4, 0.5) is 5.95 Å². The van der Waals surface area contributed by atoms with Crippen molar-refractivity contribution in [2.75, 3.05) is 18.9 Å². The Labute approximate surface area is 175 Å². The Kier molecular flexibility index (Phi) is 4.85. The number of benzene rings is 2. The molecule has 3 heterocycles. The molecule has 2 aromatic carbocycles. The smallest absolute Gasteiger partial charge is 0.219 e. The fraction of sp³-hybridized carbons (Fsp3) is 0.250. The SMILES string of the molecule is Nc1ncc(-c2ccc(C3(C4=NN=C(c5ccccc5)C4)CCOCC3)cc2)cn1. The number of nitrogens with zero attached hydrogens (tertiary/aromatic N) is 4. The van der Waals surface area contributed by atoms with Crippen molar-refractivity contribution in [1.29, 1.82) is 0 Å². The highest BCUT2D eigenvalue weighted by atomic mass is 16.5. The van der Waals surface area contributed by atoms with Gasteiger partial charge in [0, 0.05) is 43.0 Å². The predicted molar refractivity (Wildman–Crippen MR) is 119 cm³/mol. The van der Waals surface area contributed by atoms with Crippen molar-refractivity contribution in [2.24, 2.45) is 10.2 Å². The molecule has 2 aliphatic heterocycles. The van der Waals surface area contributed by atoms with Crippen LogP contribution in [0.2, 0.25) is 0 Å². The molecule has 0 atom stereocenters. The summed E-state index contributed by atoms with van der Waals surface area (Å²) in [5.74, 6) is 0.282. The maximum atomic E-state index is 5.70. The second kappa shape index (κ2) is 7.80. The van der Waals surface area contributed by atoms with Crippen molar-refractivity contribution < 1.29 is 4.74 Å². The third-order valence-corrected chi connectivity index (χ3v) is 6.07. The van der Waals surface area contributed by atoms with Gasteiger partial charge in [0.25, 0.3) is 0 Å². The van der Waals surface area contributed by atoms with E-state index in [2.05, 4.69) is 56.6 Å². The highest BCUT2D eigenvalue weighted by molar-refractivity contribution is 6.18. The van der Waals surface area contributed by atoms with E-state index in [1.54, 1.807) is 12.4 Å². The van der Waals surface area contributed by atoms with Crippen molar-refractivity contribution in [2.45, 2.75) is 24.7 Å². The van der Waals surface area contributed by atoms with E-state index in [0.29, 0.717) is 0 Å². The van der Waals surface area contributed by atoms with E-state index in [4.69, 9.17) is 10.5 Å². The second-order valence-electron chi connectivity index (χ2n) is 7.74. The molecule has 1 aromatic heterocycles. The maximum Gasteiger partial charge on any atom is 0.219 e. The highest BCUT2D eigenvalue weighted by Gasteiger charge is 2.41. The zero-order chi connectivity index (χ0) is 20.4. The molecular weight excluding hydrogens is 374 g/mol. The normalized spacial score (nSPS) is 18.0. The summed E-state index contributed by atoms with van der Waals surface area (Å²) in [6.07, 6.45) is 6.10. The third kappa shape index (κ3) is 3.39. The van der Waals surface area contributed by atoms with E-state index in [-0.39, 0.29) is 11.4 Å². The first-order chi connectivity index (χ1) is 14.7. The van der Waals surface area contributed by atoms with Crippen molar-refractivity contribution in [3.05, 3.63) is 78.1 Å². The van der Waals surface area contributed by atoms with Gasteiger partial charge in [-0.3, -0.25) is 0 Å². The molecule has 0 bridgehead atoms. The largest absolute Gasteiger partial charge is 0.381 e.